The quantitative estimate of drug-likeness (QED) is 0.908. The predicted octanol–water partition coefficient (Wildman–Crippen LogP) is 3.83. The molecule has 2 aromatic carbocycles. The number of phenols is 1. The largest absolute Gasteiger partial charge is 0.573 e. The number of nitriles is 1. The van der Waals surface area contributed by atoms with Crippen molar-refractivity contribution in [2.24, 2.45) is 0 Å². The molecule has 0 aliphatic heterocycles. The van der Waals surface area contributed by atoms with Gasteiger partial charge in [0, 0.05) is 5.56 Å². The molecule has 0 atom stereocenters. The number of nitrogens with zero attached hydrogens (tertiary/aromatic N) is 1. The van der Waals surface area contributed by atoms with Gasteiger partial charge in [-0.25, -0.2) is 0 Å². The van der Waals surface area contributed by atoms with Gasteiger partial charge < -0.3 is 9.84 Å². The highest BCUT2D eigenvalue weighted by Crippen LogP contribution is 2.33. The highest BCUT2D eigenvalue weighted by atomic mass is 19.4. The van der Waals surface area contributed by atoms with Crippen molar-refractivity contribution in [3.05, 3.63) is 48.0 Å². The van der Waals surface area contributed by atoms with Gasteiger partial charge in [-0.1, -0.05) is 12.1 Å². The summed E-state index contributed by atoms with van der Waals surface area (Å²) in [5.74, 6) is -0.523. The van der Waals surface area contributed by atoms with E-state index in [-0.39, 0.29) is 11.3 Å². The Hall–Kier alpha value is -2.68. The van der Waals surface area contributed by atoms with Crippen molar-refractivity contribution in [1.29, 1.82) is 5.26 Å². The predicted molar refractivity (Wildman–Crippen MR) is 64.9 cm³/mol. The summed E-state index contributed by atoms with van der Waals surface area (Å²) in [5.41, 5.74) is 0.873. The van der Waals surface area contributed by atoms with Gasteiger partial charge in [0.05, 0.1) is 11.6 Å². The number of hydrogen-bond donors (Lipinski definition) is 1. The number of alkyl halides is 3. The molecule has 0 radical (unpaired) electrons. The number of rotatable bonds is 2. The monoisotopic (exact) mass is 279 g/mol. The molecule has 0 aliphatic rings. The van der Waals surface area contributed by atoms with E-state index in [2.05, 4.69) is 4.74 Å². The lowest BCUT2D eigenvalue weighted by atomic mass is 10.0. The van der Waals surface area contributed by atoms with Crippen molar-refractivity contribution >= 4 is 0 Å². The molecule has 0 unspecified atom stereocenters. The number of halogens is 3. The molecule has 0 aliphatic carbocycles. The first-order valence-corrected chi connectivity index (χ1v) is 5.48. The lowest BCUT2D eigenvalue weighted by Crippen LogP contribution is -2.17. The van der Waals surface area contributed by atoms with Crippen LogP contribution in [-0.4, -0.2) is 11.5 Å². The summed E-state index contributed by atoms with van der Waals surface area (Å²) in [6, 6.07) is 11.2. The third-order valence-electron chi connectivity index (χ3n) is 2.50. The molecule has 0 spiro atoms. The van der Waals surface area contributed by atoms with Crippen molar-refractivity contribution in [1.82, 2.24) is 0 Å². The summed E-state index contributed by atoms with van der Waals surface area (Å²) in [7, 11) is 0. The first-order valence-electron chi connectivity index (χ1n) is 5.48. The normalized spacial score (nSPS) is 10.9. The van der Waals surface area contributed by atoms with Gasteiger partial charge >= 0.3 is 6.36 Å². The van der Waals surface area contributed by atoms with Crippen LogP contribution in [0, 0.1) is 11.3 Å². The van der Waals surface area contributed by atoms with Gasteiger partial charge in [-0.3, -0.25) is 0 Å². The van der Waals surface area contributed by atoms with Crippen molar-refractivity contribution in [3.8, 4) is 28.7 Å². The van der Waals surface area contributed by atoms with Gasteiger partial charge in [0.25, 0.3) is 0 Å². The highest BCUT2D eigenvalue weighted by Gasteiger charge is 2.31. The first kappa shape index (κ1) is 13.7. The van der Waals surface area contributed by atoms with Crippen LogP contribution in [0.1, 0.15) is 5.56 Å². The third-order valence-corrected chi connectivity index (χ3v) is 2.50. The average Bonchev–Trinajstić information content (AvgIpc) is 2.37. The Balaban J connectivity index is 2.44. The maximum absolute atomic E-state index is 12.2. The van der Waals surface area contributed by atoms with Crippen LogP contribution in [0.2, 0.25) is 0 Å². The zero-order valence-electron chi connectivity index (χ0n) is 9.98. The molecule has 0 saturated carbocycles. The van der Waals surface area contributed by atoms with Gasteiger partial charge in [-0.15, -0.1) is 13.2 Å². The third kappa shape index (κ3) is 3.20. The molecule has 0 saturated heterocycles. The van der Waals surface area contributed by atoms with Gasteiger partial charge in [-0.05, 0) is 35.9 Å². The minimum atomic E-state index is -4.78. The SMILES string of the molecule is N#Cc1ccc(O)c(-c2cccc(OC(F)(F)F)c2)c1. The molecule has 0 heterocycles. The molecular weight excluding hydrogens is 271 g/mol. The summed E-state index contributed by atoms with van der Waals surface area (Å²) in [5, 5.41) is 18.5. The lowest BCUT2D eigenvalue weighted by Gasteiger charge is -2.11. The number of hydrogen-bond acceptors (Lipinski definition) is 3. The topological polar surface area (TPSA) is 53.2 Å². The number of ether oxygens (including phenoxy) is 1. The number of phenolic OH excluding ortho intramolecular Hbond substituents is 1. The minimum absolute atomic E-state index is 0.131. The zero-order chi connectivity index (χ0) is 14.8. The van der Waals surface area contributed by atoms with Crippen molar-refractivity contribution in [2.45, 2.75) is 6.36 Å². The zero-order valence-corrected chi connectivity index (χ0v) is 9.98. The summed E-state index contributed by atoms with van der Waals surface area (Å²) >= 11 is 0. The van der Waals surface area contributed by atoms with E-state index >= 15 is 0 Å². The summed E-state index contributed by atoms with van der Waals surface area (Å²) < 4.78 is 40.3. The van der Waals surface area contributed by atoms with E-state index < -0.39 is 12.1 Å². The second-order valence-corrected chi connectivity index (χ2v) is 3.92. The maximum Gasteiger partial charge on any atom is 0.573 e. The lowest BCUT2D eigenvalue weighted by molar-refractivity contribution is -0.274. The fourth-order valence-electron chi connectivity index (χ4n) is 1.70. The van der Waals surface area contributed by atoms with Crippen molar-refractivity contribution in [2.75, 3.05) is 0 Å². The molecule has 0 fully saturated rings. The standard InChI is InChI=1S/C14H8F3NO2/c15-14(16,17)20-11-3-1-2-10(7-11)12-6-9(8-18)4-5-13(12)19/h1-7,19H. The molecule has 20 heavy (non-hydrogen) atoms. The van der Waals surface area contributed by atoms with Crippen LogP contribution in [0.4, 0.5) is 13.2 Å². The van der Waals surface area contributed by atoms with Crippen LogP contribution in [0.15, 0.2) is 42.5 Å². The molecule has 102 valence electrons. The second-order valence-electron chi connectivity index (χ2n) is 3.92. The Bertz CT molecular complexity index is 675. The van der Waals surface area contributed by atoms with E-state index in [4.69, 9.17) is 5.26 Å². The Morgan fingerprint density at radius 3 is 2.50 bits per heavy atom. The second kappa shape index (κ2) is 5.13. The summed E-state index contributed by atoms with van der Waals surface area (Å²) in [4.78, 5) is 0. The molecule has 0 amide bonds. The smallest absolute Gasteiger partial charge is 0.507 e. The number of benzene rings is 2. The van der Waals surface area contributed by atoms with E-state index in [0.717, 1.165) is 12.1 Å². The Labute approximate surface area is 112 Å². The maximum atomic E-state index is 12.2. The molecule has 1 N–H and O–H groups in total. The van der Waals surface area contributed by atoms with Crippen LogP contribution < -0.4 is 4.74 Å². The molecular formula is C14H8F3NO2. The van der Waals surface area contributed by atoms with E-state index in [1.807, 2.05) is 6.07 Å². The summed E-state index contributed by atoms with van der Waals surface area (Å²) in [6.45, 7) is 0. The van der Waals surface area contributed by atoms with Gasteiger partial charge in [0.2, 0.25) is 0 Å². The van der Waals surface area contributed by atoms with Crippen molar-refractivity contribution in [3.63, 3.8) is 0 Å². The van der Waals surface area contributed by atoms with Crippen LogP contribution in [0.5, 0.6) is 11.5 Å². The van der Waals surface area contributed by atoms with Crippen LogP contribution in [0.3, 0.4) is 0 Å². The fourth-order valence-corrected chi connectivity index (χ4v) is 1.70. The average molecular weight is 279 g/mol. The Kier molecular flexibility index (Phi) is 3.53. The fraction of sp³-hybridized carbons (Fsp3) is 0.0714. The molecule has 0 aromatic heterocycles. The first-order chi connectivity index (χ1) is 9.39. The van der Waals surface area contributed by atoms with E-state index in [1.165, 1.54) is 30.3 Å². The highest BCUT2D eigenvalue weighted by molar-refractivity contribution is 5.72. The molecule has 3 nitrogen and oxygen atoms in total. The van der Waals surface area contributed by atoms with Crippen molar-refractivity contribution < 1.29 is 23.0 Å². The van der Waals surface area contributed by atoms with Crippen LogP contribution in [0.25, 0.3) is 11.1 Å². The van der Waals surface area contributed by atoms with E-state index in [9.17, 15) is 18.3 Å². The Morgan fingerprint density at radius 1 is 1.10 bits per heavy atom. The molecule has 2 rings (SSSR count). The van der Waals surface area contributed by atoms with Crippen LogP contribution >= 0.6 is 0 Å². The Morgan fingerprint density at radius 2 is 1.85 bits per heavy atom. The minimum Gasteiger partial charge on any atom is -0.507 e. The van der Waals surface area contributed by atoms with Gasteiger partial charge in [0.1, 0.15) is 11.5 Å². The number of aromatic hydroxyl groups is 1. The molecule has 6 heteroatoms. The summed E-state index contributed by atoms with van der Waals surface area (Å²) in [6.07, 6.45) is -4.78. The van der Waals surface area contributed by atoms with Crippen LogP contribution in [-0.2, 0) is 0 Å². The molecule has 0 bridgehead atoms. The van der Waals surface area contributed by atoms with E-state index in [0.29, 0.717) is 11.1 Å². The van der Waals surface area contributed by atoms with E-state index in [1.54, 1.807) is 0 Å². The molecule has 2 aromatic rings. The van der Waals surface area contributed by atoms with Gasteiger partial charge in [0.15, 0.2) is 0 Å². The van der Waals surface area contributed by atoms with Gasteiger partial charge in [-0.2, -0.15) is 5.26 Å².